The van der Waals surface area contributed by atoms with Gasteiger partial charge in [-0.25, -0.2) is 0 Å². The lowest BCUT2D eigenvalue weighted by Crippen LogP contribution is -2.55. The van der Waals surface area contributed by atoms with Gasteiger partial charge in [-0.1, -0.05) is 34.1 Å². The van der Waals surface area contributed by atoms with Gasteiger partial charge in [-0.05, 0) is 62.9 Å². The molecule has 1 aliphatic heterocycles. The van der Waals surface area contributed by atoms with Gasteiger partial charge in [0.25, 0.3) is 0 Å². The lowest BCUT2D eigenvalue weighted by atomic mass is 9.67. The second-order valence-electron chi connectivity index (χ2n) is 8.06. The van der Waals surface area contributed by atoms with Crippen molar-refractivity contribution in [3.05, 3.63) is 0 Å². The Bertz CT molecular complexity index is 300. The normalized spacial score (nSPS) is 37.0. The van der Waals surface area contributed by atoms with E-state index in [1.165, 1.54) is 51.6 Å². The van der Waals surface area contributed by atoms with Crippen LogP contribution in [0.3, 0.4) is 0 Å². The summed E-state index contributed by atoms with van der Waals surface area (Å²) in [5, 5.41) is 3.61. The molecule has 20 heavy (non-hydrogen) atoms. The molecule has 2 fully saturated rings. The topological polar surface area (TPSA) is 15.3 Å². The molecule has 2 rings (SSSR count). The van der Waals surface area contributed by atoms with Gasteiger partial charge < -0.3 is 5.32 Å². The third-order valence-electron chi connectivity index (χ3n) is 6.36. The molecule has 4 atom stereocenters. The van der Waals surface area contributed by atoms with E-state index in [1.54, 1.807) is 0 Å². The van der Waals surface area contributed by atoms with E-state index < -0.39 is 0 Å². The largest absolute Gasteiger partial charge is 0.315 e. The fourth-order valence-corrected chi connectivity index (χ4v) is 4.41. The summed E-state index contributed by atoms with van der Waals surface area (Å²) in [6, 6.07) is 1.48. The molecule has 0 aromatic carbocycles. The molecule has 0 aromatic heterocycles. The first-order chi connectivity index (χ1) is 9.47. The molecule has 2 nitrogen and oxygen atoms in total. The molecule has 0 spiro atoms. The third kappa shape index (κ3) is 3.57. The highest BCUT2D eigenvalue weighted by Gasteiger charge is 2.39. The minimum absolute atomic E-state index is 0.512. The van der Waals surface area contributed by atoms with Crippen molar-refractivity contribution in [3.63, 3.8) is 0 Å². The Morgan fingerprint density at radius 1 is 1.20 bits per heavy atom. The maximum atomic E-state index is 3.61. The third-order valence-corrected chi connectivity index (χ3v) is 6.36. The highest BCUT2D eigenvalue weighted by Crippen LogP contribution is 2.42. The Kier molecular flexibility index (Phi) is 5.53. The quantitative estimate of drug-likeness (QED) is 0.840. The predicted molar refractivity (Wildman–Crippen MR) is 88.0 cm³/mol. The van der Waals surface area contributed by atoms with Crippen molar-refractivity contribution in [3.8, 4) is 0 Å². The Labute approximate surface area is 126 Å². The summed E-state index contributed by atoms with van der Waals surface area (Å²) in [5.74, 6) is 1.79. The van der Waals surface area contributed by atoms with Crippen LogP contribution >= 0.6 is 0 Å². The summed E-state index contributed by atoms with van der Waals surface area (Å²) in [5.41, 5.74) is 0.512. The van der Waals surface area contributed by atoms with E-state index in [2.05, 4.69) is 45.0 Å². The fraction of sp³-hybridized carbons (Fsp3) is 1.00. The van der Waals surface area contributed by atoms with Crippen LogP contribution in [0.2, 0.25) is 0 Å². The Morgan fingerprint density at radius 3 is 2.55 bits per heavy atom. The first kappa shape index (κ1) is 16.3. The van der Waals surface area contributed by atoms with Crippen molar-refractivity contribution < 1.29 is 0 Å². The van der Waals surface area contributed by atoms with Gasteiger partial charge in [0.05, 0.1) is 0 Å². The molecule has 1 aliphatic carbocycles. The number of nitrogens with one attached hydrogen (secondary N) is 1. The van der Waals surface area contributed by atoms with Gasteiger partial charge >= 0.3 is 0 Å². The number of hydrogen-bond acceptors (Lipinski definition) is 2. The molecule has 1 heterocycles. The minimum atomic E-state index is 0.512. The van der Waals surface area contributed by atoms with Gasteiger partial charge in [-0.15, -0.1) is 0 Å². The van der Waals surface area contributed by atoms with E-state index in [1.807, 2.05) is 0 Å². The van der Waals surface area contributed by atoms with Gasteiger partial charge in [-0.3, -0.25) is 4.90 Å². The van der Waals surface area contributed by atoms with E-state index >= 15 is 0 Å². The molecule has 4 unspecified atom stereocenters. The van der Waals surface area contributed by atoms with Crippen molar-refractivity contribution in [2.75, 3.05) is 20.1 Å². The van der Waals surface area contributed by atoms with Crippen molar-refractivity contribution >= 4 is 0 Å². The van der Waals surface area contributed by atoms with Crippen LogP contribution in [0.25, 0.3) is 0 Å². The van der Waals surface area contributed by atoms with Crippen LogP contribution < -0.4 is 5.32 Å². The van der Waals surface area contributed by atoms with Gasteiger partial charge in [0.1, 0.15) is 0 Å². The highest BCUT2D eigenvalue weighted by atomic mass is 15.2. The van der Waals surface area contributed by atoms with Crippen LogP contribution in [0.1, 0.15) is 66.2 Å². The second kappa shape index (κ2) is 6.79. The lowest BCUT2D eigenvalue weighted by molar-refractivity contribution is 0.0314. The van der Waals surface area contributed by atoms with E-state index in [-0.39, 0.29) is 0 Å². The zero-order valence-corrected chi connectivity index (χ0v) is 14.4. The maximum absolute atomic E-state index is 3.61. The summed E-state index contributed by atoms with van der Waals surface area (Å²) in [4.78, 5) is 2.81. The summed E-state index contributed by atoms with van der Waals surface area (Å²) in [6.45, 7) is 12.4. The van der Waals surface area contributed by atoms with Crippen LogP contribution in [0.15, 0.2) is 0 Å². The predicted octanol–water partition coefficient (Wildman–Crippen LogP) is 3.91. The van der Waals surface area contributed by atoms with Crippen molar-refractivity contribution in [2.45, 2.75) is 78.3 Å². The fourth-order valence-electron chi connectivity index (χ4n) is 4.41. The zero-order valence-electron chi connectivity index (χ0n) is 14.4. The van der Waals surface area contributed by atoms with E-state index in [9.17, 15) is 0 Å². The molecular formula is C18H36N2. The second-order valence-corrected chi connectivity index (χ2v) is 8.06. The standard InChI is InChI=1S/C18H36N2/c1-6-18(3,4)15-9-10-16(19-5)17(12-15)20-11-7-8-14(2)13-20/h14-17,19H,6-13H2,1-5H3. The SMILES string of the molecule is CCC(C)(C)C1CCC(NC)C(N2CCCC(C)C2)C1. The molecule has 0 amide bonds. The monoisotopic (exact) mass is 280 g/mol. The lowest BCUT2D eigenvalue weighted by Gasteiger charge is -2.48. The molecule has 1 N–H and O–H groups in total. The maximum Gasteiger partial charge on any atom is 0.0252 e. The van der Waals surface area contributed by atoms with Crippen molar-refractivity contribution in [2.24, 2.45) is 17.3 Å². The van der Waals surface area contributed by atoms with E-state index in [4.69, 9.17) is 0 Å². The molecule has 2 aliphatic rings. The summed E-state index contributed by atoms with van der Waals surface area (Å²) in [7, 11) is 2.16. The van der Waals surface area contributed by atoms with Gasteiger partial charge in [-0.2, -0.15) is 0 Å². The van der Waals surface area contributed by atoms with Crippen LogP contribution in [-0.2, 0) is 0 Å². The molecule has 1 saturated heterocycles. The summed E-state index contributed by atoms with van der Waals surface area (Å²) in [6.07, 6.45) is 8.31. The molecular weight excluding hydrogens is 244 g/mol. The Morgan fingerprint density at radius 2 is 1.95 bits per heavy atom. The molecule has 118 valence electrons. The molecule has 0 bridgehead atoms. The average molecular weight is 280 g/mol. The number of rotatable bonds is 4. The van der Waals surface area contributed by atoms with Crippen molar-refractivity contribution in [1.82, 2.24) is 10.2 Å². The van der Waals surface area contributed by atoms with Gasteiger partial charge in [0, 0.05) is 18.6 Å². The first-order valence-electron chi connectivity index (χ1n) is 8.89. The van der Waals surface area contributed by atoms with Crippen LogP contribution in [0.5, 0.6) is 0 Å². The number of piperidine rings is 1. The molecule has 2 heteroatoms. The molecule has 0 aromatic rings. The number of likely N-dealkylation sites (N-methyl/N-ethyl adjacent to an activating group) is 1. The van der Waals surface area contributed by atoms with Gasteiger partial charge in [0.15, 0.2) is 0 Å². The average Bonchev–Trinajstić information content (AvgIpc) is 2.46. The van der Waals surface area contributed by atoms with Gasteiger partial charge in [0.2, 0.25) is 0 Å². The van der Waals surface area contributed by atoms with Crippen LogP contribution in [-0.4, -0.2) is 37.1 Å². The summed E-state index contributed by atoms with van der Waals surface area (Å²) >= 11 is 0. The van der Waals surface area contributed by atoms with E-state index in [0.29, 0.717) is 11.5 Å². The van der Waals surface area contributed by atoms with Crippen LogP contribution in [0, 0.1) is 17.3 Å². The minimum Gasteiger partial charge on any atom is -0.315 e. The summed E-state index contributed by atoms with van der Waals surface area (Å²) < 4.78 is 0. The number of likely N-dealkylation sites (tertiary alicyclic amines) is 1. The first-order valence-corrected chi connectivity index (χ1v) is 8.89. The Balaban J connectivity index is 2.06. The van der Waals surface area contributed by atoms with Crippen LogP contribution in [0.4, 0.5) is 0 Å². The van der Waals surface area contributed by atoms with E-state index in [0.717, 1.165) is 17.9 Å². The van der Waals surface area contributed by atoms with Crippen molar-refractivity contribution in [1.29, 1.82) is 0 Å². The Hall–Kier alpha value is -0.0800. The number of nitrogens with zero attached hydrogens (tertiary/aromatic N) is 1. The smallest absolute Gasteiger partial charge is 0.0252 e. The number of hydrogen-bond donors (Lipinski definition) is 1. The molecule has 0 radical (unpaired) electrons. The zero-order chi connectivity index (χ0) is 14.8. The molecule has 1 saturated carbocycles. The highest BCUT2D eigenvalue weighted by molar-refractivity contribution is 4.95.